The van der Waals surface area contributed by atoms with Crippen LogP contribution >= 0.6 is 23.2 Å². The van der Waals surface area contributed by atoms with Gasteiger partial charge in [0.2, 0.25) is 5.91 Å². The van der Waals surface area contributed by atoms with Gasteiger partial charge in [0, 0.05) is 5.69 Å². The maximum atomic E-state index is 12.6. The molecule has 1 aliphatic heterocycles. The van der Waals surface area contributed by atoms with Crippen LogP contribution in [0.5, 0.6) is 5.75 Å². The first-order chi connectivity index (χ1) is 11.5. The molecule has 24 heavy (non-hydrogen) atoms. The third-order valence-electron chi connectivity index (χ3n) is 3.74. The highest BCUT2D eigenvalue weighted by molar-refractivity contribution is 6.42. The predicted molar refractivity (Wildman–Crippen MR) is 94.0 cm³/mol. The molecule has 3 rings (SSSR count). The standard InChI is InChI=1S/C17H14Cl2N2O3/c1-24-12-5-3-11(4-6-12)21-16(22)9-15(17(21)23)20-10-2-7-13(18)14(19)8-10/h2-8,15,20H,9H2,1H3/t15-/m0/s1. The number of carbonyl (C=O) groups excluding carboxylic acids is 2. The fourth-order valence-corrected chi connectivity index (χ4v) is 2.83. The van der Waals surface area contributed by atoms with Crippen LogP contribution in [0, 0.1) is 0 Å². The maximum Gasteiger partial charge on any atom is 0.256 e. The fraction of sp³-hybridized carbons (Fsp3) is 0.176. The molecule has 0 aromatic heterocycles. The molecule has 124 valence electrons. The van der Waals surface area contributed by atoms with Crippen molar-refractivity contribution in [3.63, 3.8) is 0 Å². The summed E-state index contributed by atoms with van der Waals surface area (Å²) in [4.78, 5) is 26.0. The number of rotatable bonds is 4. The largest absolute Gasteiger partial charge is 0.497 e. The molecule has 1 atom stereocenters. The van der Waals surface area contributed by atoms with Crippen LogP contribution in [-0.4, -0.2) is 25.0 Å². The van der Waals surface area contributed by atoms with Crippen LogP contribution in [0.2, 0.25) is 10.0 Å². The Labute approximate surface area is 149 Å². The van der Waals surface area contributed by atoms with E-state index in [1.54, 1.807) is 49.6 Å². The Morgan fingerprint density at radius 1 is 1.08 bits per heavy atom. The number of ether oxygens (including phenoxy) is 1. The summed E-state index contributed by atoms with van der Waals surface area (Å²) in [5.74, 6) is 0.0855. The molecular formula is C17H14Cl2N2O3. The molecule has 1 fully saturated rings. The van der Waals surface area contributed by atoms with Gasteiger partial charge in [-0.15, -0.1) is 0 Å². The van der Waals surface area contributed by atoms with E-state index in [9.17, 15) is 9.59 Å². The van der Waals surface area contributed by atoms with Gasteiger partial charge in [0.15, 0.2) is 0 Å². The summed E-state index contributed by atoms with van der Waals surface area (Å²) >= 11 is 11.8. The molecule has 2 aromatic carbocycles. The van der Waals surface area contributed by atoms with Gasteiger partial charge >= 0.3 is 0 Å². The Morgan fingerprint density at radius 2 is 1.79 bits per heavy atom. The van der Waals surface area contributed by atoms with E-state index in [0.29, 0.717) is 27.2 Å². The van der Waals surface area contributed by atoms with Gasteiger partial charge in [0.1, 0.15) is 11.8 Å². The molecule has 2 amide bonds. The van der Waals surface area contributed by atoms with Crippen LogP contribution in [0.15, 0.2) is 42.5 Å². The van der Waals surface area contributed by atoms with Crippen LogP contribution in [-0.2, 0) is 9.59 Å². The number of imide groups is 1. The van der Waals surface area contributed by atoms with E-state index in [0.717, 1.165) is 0 Å². The van der Waals surface area contributed by atoms with Crippen molar-refractivity contribution in [2.24, 2.45) is 0 Å². The fourth-order valence-electron chi connectivity index (χ4n) is 2.53. The van der Waals surface area contributed by atoms with Crippen molar-refractivity contribution in [3.8, 4) is 5.75 Å². The summed E-state index contributed by atoms with van der Waals surface area (Å²) in [6.45, 7) is 0. The van der Waals surface area contributed by atoms with Gasteiger partial charge in [0.05, 0.1) is 29.3 Å². The molecule has 1 aliphatic rings. The highest BCUT2D eigenvalue weighted by atomic mass is 35.5. The summed E-state index contributed by atoms with van der Waals surface area (Å²) in [7, 11) is 1.55. The lowest BCUT2D eigenvalue weighted by atomic mass is 10.2. The van der Waals surface area contributed by atoms with E-state index in [2.05, 4.69) is 5.32 Å². The van der Waals surface area contributed by atoms with Crippen LogP contribution in [0.1, 0.15) is 6.42 Å². The number of hydrogen-bond acceptors (Lipinski definition) is 4. The maximum absolute atomic E-state index is 12.6. The van der Waals surface area contributed by atoms with E-state index < -0.39 is 6.04 Å². The highest BCUT2D eigenvalue weighted by Crippen LogP contribution is 2.29. The summed E-state index contributed by atoms with van der Waals surface area (Å²) in [6.07, 6.45) is 0.0745. The summed E-state index contributed by atoms with van der Waals surface area (Å²) in [5, 5.41) is 3.84. The molecule has 0 spiro atoms. The van der Waals surface area contributed by atoms with Crippen LogP contribution in [0.3, 0.4) is 0 Å². The van der Waals surface area contributed by atoms with Crippen LogP contribution < -0.4 is 15.0 Å². The second-order valence-electron chi connectivity index (χ2n) is 5.30. The van der Waals surface area contributed by atoms with Gasteiger partial charge in [-0.25, -0.2) is 4.90 Å². The van der Waals surface area contributed by atoms with Crippen molar-refractivity contribution < 1.29 is 14.3 Å². The Kier molecular flexibility index (Phi) is 4.64. The SMILES string of the molecule is COc1ccc(N2C(=O)C[C@H](Nc3ccc(Cl)c(Cl)c3)C2=O)cc1. The molecule has 5 nitrogen and oxygen atoms in total. The number of amides is 2. The average molecular weight is 365 g/mol. The minimum absolute atomic E-state index is 0.0745. The van der Waals surface area contributed by atoms with Gasteiger partial charge in [-0.05, 0) is 42.5 Å². The first kappa shape index (κ1) is 16.6. The molecule has 0 radical (unpaired) electrons. The van der Waals surface area contributed by atoms with Crippen molar-refractivity contribution in [2.45, 2.75) is 12.5 Å². The molecule has 1 saturated heterocycles. The van der Waals surface area contributed by atoms with Gasteiger partial charge in [-0.3, -0.25) is 9.59 Å². The molecule has 0 unspecified atom stereocenters. The van der Waals surface area contributed by atoms with Gasteiger partial charge in [-0.2, -0.15) is 0 Å². The average Bonchev–Trinajstić information content (AvgIpc) is 2.85. The van der Waals surface area contributed by atoms with Crippen molar-refractivity contribution in [1.82, 2.24) is 0 Å². The third kappa shape index (κ3) is 3.18. The molecule has 2 aromatic rings. The first-order valence-corrected chi connectivity index (χ1v) is 7.97. The zero-order valence-corrected chi connectivity index (χ0v) is 14.3. The van der Waals surface area contributed by atoms with E-state index >= 15 is 0 Å². The normalized spacial score (nSPS) is 17.3. The van der Waals surface area contributed by atoms with E-state index in [1.165, 1.54) is 4.90 Å². The minimum atomic E-state index is -0.642. The zero-order chi connectivity index (χ0) is 17.3. The number of carbonyl (C=O) groups is 2. The van der Waals surface area contributed by atoms with E-state index in [4.69, 9.17) is 27.9 Å². The van der Waals surface area contributed by atoms with E-state index in [-0.39, 0.29) is 18.2 Å². The van der Waals surface area contributed by atoms with Crippen LogP contribution in [0.25, 0.3) is 0 Å². The lowest BCUT2D eigenvalue weighted by Crippen LogP contribution is -2.34. The van der Waals surface area contributed by atoms with E-state index in [1.807, 2.05) is 0 Å². The lowest BCUT2D eigenvalue weighted by Gasteiger charge is -2.16. The highest BCUT2D eigenvalue weighted by Gasteiger charge is 2.39. The Balaban J connectivity index is 1.79. The molecule has 1 heterocycles. The van der Waals surface area contributed by atoms with Gasteiger partial charge in [0.25, 0.3) is 5.91 Å². The zero-order valence-electron chi connectivity index (χ0n) is 12.8. The molecule has 0 bridgehead atoms. The quantitative estimate of drug-likeness (QED) is 0.839. The molecule has 7 heteroatoms. The van der Waals surface area contributed by atoms with Crippen LogP contribution in [0.4, 0.5) is 11.4 Å². The molecular weight excluding hydrogens is 351 g/mol. The summed E-state index contributed by atoms with van der Waals surface area (Å²) in [6, 6.07) is 11.1. The van der Waals surface area contributed by atoms with Crippen molar-refractivity contribution in [2.75, 3.05) is 17.3 Å². The topological polar surface area (TPSA) is 58.6 Å². The van der Waals surface area contributed by atoms with Crippen molar-refractivity contribution >= 4 is 46.4 Å². The van der Waals surface area contributed by atoms with Crippen molar-refractivity contribution in [3.05, 3.63) is 52.5 Å². The third-order valence-corrected chi connectivity index (χ3v) is 4.48. The Hall–Kier alpha value is -2.24. The molecule has 1 N–H and O–H groups in total. The van der Waals surface area contributed by atoms with Gasteiger partial charge in [-0.1, -0.05) is 23.2 Å². The smallest absolute Gasteiger partial charge is 0.256 e. The minimum Gasteiger partial charge on any atom is -0.497 e. The monoisotopic (exact) mass is 364 g/mol. The predicted octanol–water partition coefficient (Wildman–Crippen LogP) is 3.75. The van der Waals surface area contributed by atoms with Crippen molar-refractivity contribution in [1.29, 1.82) is 0 Å². The second-order valence-corrected chi connectivity index (χ2v) is 6.11. The number of methoxy groups -OCH3 is 1. The second kappa shape index (κ2) is 6.71. The first-order valence-electron chi connectivity index (χ1n) is 7.22. The summed E-state index contributed by atoms with van der Waals surface area (Å²) in [5.41, 5.74) is 1.15. The Morgan fingerprint density at radius 3 is 2.42 bits per heavy atom. The lowest BCUT2D eigenvalue weighted by molar-refractivity contribution is -0.121. The number of halogens is 2. The summed E-state index contributed by atoms with van der Waals surface area (Å²) < 4.78 is 5.08. The number of benzene rings is 2. The van der Waals surface area contributed by atoms with Gasteiger partial charge < -0.3 is 10.1 Å². The number of anilines is 2. The number of nitrogens with zero attached hydrogens (tertiary/aromatic N) is 1. The molecule has 0 aliphatic carbocycles. The molecule has 0 saturated carbocycles. The number of hydrogen-bond donors (Lipinski definition) is 1. The number of nitrogens with one attached hydrogen (secondary N) is 1. The Bertz CT molecular complexity index is 793.